The molecule has 5 rings (SSSR count). The number of fused-ring (bicyclic) bond motifs is 2. The number of aryl methyl sites for hydroxylation is 3. The molecule has 0 unspecified atom stereocenters. The maximum atomic E-state index is 13.0. The average molecular weight is 447 g/mol. The second-order valence-corrected chi connectivity index (χ2v) is 8.64. The Labute approximate surface area is 190 Å². The summed E-state index contributed by atoms with van der Waals surface area (Å²) in [7, 11) is 1.73. The minimum Gasteiger partial charge on any atom is -0.343 e. The predicted molar refractivity (Wildman–Crippen MR) is 126 cm³/mol. The van der Waals surface area contributed by atoms with Crippen LogP contribution in [0, 0.1) is 13.8 Å². The van der Waals surface area contributed by atoms with Crippen LogP contribution in [0.1, 0.15) is 37.1 Å². The fourth-order valence-electron chi connectivity index (χ4n) is 4.48. The zero-order valence-corrected chi connectivity index (χ0v) is 19.2. The van der Waals surface area contributed by atoms with E-state index < -0.39 is 0 Å². The quantitative estimate of drug-likeness (QED) is 0.515. The van der Waals surface area contributed by atoms with Crippen molar-refractivity contribution in [3.63, 3.8) is 0 Å². The fourth-order valence-corrected chi connectivity index (χ4v) is 4.48. The number of anilines is 2. The molecule has 4 aromatic rings. The van der Waals surface area contributed by atoms with Gasteiger partial charge in [-0.05, 0) is 44.4 Å². The van der Waals surface area contributed by atoms with Gasteiger partial charge in [0.2, 0.25) is 11.9 Å². The van der Waals surface area contributed by atoms with Crippen molar-refractivity contribution in [3.05, 3.63) is 46.3 Å². The van der Waals surface area contributed by atoms with E-state index in [4.69, 9.17) is 4.98 Å². The highest BCUT2D eigenvalue weighted by Crippen LogP contribution is 2.27. The predicted octanol–water partition coefficient (Wildman–Crippen LogP) is 2.62. The van der Waals surface area contributed by atoms with Crippen molar-refractivity contribution in [2.75, 3.05) is 18.4 Å². The third-order valence-corrected chi connectivity index (χ3v) is 6.36. The number of carbonyl (C=O) groups is 1. The van der Waals surface area contributed by atoms with Gasteiger partial charge in [-0.25, -0.2) is 14.8 Å². The van der Waals surface area contributed by atoms with Crippen LogP contribution in [0.2, 0.25) is 0 Å². The van der Waals surface area contributed by atoms with E-state index in [1.165, 1.54) is 0 Å². The van der Waals surface area contributed by atoms with Crippen LogP contribution in [-0.2, 0) is 11.8 Å². The number of hydrogen-bond donors (Lipinski definition) is 1. The number of nitrogens with zero attached hydrogens (tertiary/aromatic N) is 7. The number of rotatable bonds is 3. The highest BCUT2D eigenvalue weighted by molar-refractivity contribution is 5.82. The van der Waals surface area contributed by atoms with Crippen molar-refractivity contribution in [3.8, 4) is 0 Å². The first-order chi connectivity index (χ1) is 15.8. The molecule has 10 heteroatoms. The molecule has 10 nitrogen and oxygen atoms in total. The van der Waals surface area contributed by atoms with Gasteiger partial charge < -0.3 is 10.2 Å². The zero-order chi connectivity index (χ0) is 23.3. The van der Waals surface area contributed by atoms with Crippen LogP contribution in [0.4, 0.5) is 11.6 Å². The van der Waals surface area contributed by atoms with E-state index in [9.17, 15) is 9.59 Å². The number of amides is 1. The van der Waals surface area contributed by atoms with Gasteiger partial charge in [0.15, 0.2) is 5.65 Å². The van der Waals surface area contributed by atoms with Crippen molar-refractivity contribution in [1.29, 1.82) is 0 Å². The van der Waals surface area contributed by atoms with Crippen LogP contribution in [0.25, 0.3) is 22.2 Å². The Balaban J connectivity index is 1.51. The third-order valence-electron chi connectivity index (χ3n) is 6.36. The molecule has 0 radical (unpaired) electrons. The van der Waals surface area contributed by atoms with Crippen molar-refractivity contribution in [1.82, 2.24) is 34.0 Å². The van der Waals surface area contributed by atoms with Gasteiger partial charge in [-0.3, -0.25) is 18.9 Å². The molecule has 1 saturated heterocycles. The zero-order valence-electron chi connectivity index (χ0n) is 19.2. The van der Waals surface area contributed by atoms with E-state index in [1.807, 2.05) is 30.9 Å². The Morgan fingerprint density at radius 1 is 1.06 bits per heavy atom. The summed E-state index contributed by atoms with van der Waals surface area (Å²) in [5.74, 6) is 0.476. The van der Waals surface area contributed by atoms with Gasteiger partial charge in [0.25, 0.3) is 0 Å². The smallest absolute Gasteiger partial charge is 0.330 e. The van der Waals surface area contributed by atoms with Crippen LogP contribution in [0.5, 0.6) is 0 Å². The molecule has 4 heterocycles. The molecule has 3 aromatic heterocycles. The van der Waals surface area contributed by atoms with Crippen LogP contribution in [0.15, 0.2) is 29.3 Å². The molecular formula is C23H26N8O2. The van der Waals surface area contributed by atoms with Crippen LogP contribution >= 0.6 is 0 Å². The molecule has 0 atom stereocenters. The van der Waals surface area contributed by atoms with Crippen molar-refractivity contribution >= 4 is 39.7 Å². The largest absolute Gasteiger partial charge is 0.343 e. The summed E-state index contributed by atoms with van der Waals surface area (Å²) in [5, 5.41) is 3.28. The van der Waals surface area contributed by atoms with Gasteiger partial charge in [0, 0.05) is 45.0 Å². The summed E-state index contributed by atoms with van der Waals surface area (Å²) in [6.07, 6.45) is 4.84. The maximum Gasteiger partial charge on any atom is 0.330 e. The van der Waals surface area contributed by atoms with Gasteiger partial charge in [-0.2, -0.15) is 4.98 Å². The lowest BCUT2D eigenvalue weighted by Crippen LogP contribution is -2.39. The summed E-state index contributed by atoms with van der Waals surface area (Å²) in [4.78, 5) is 44.7. The molecule has 1 fully saturated rings. The molecule has 33 heavy (non-hydrogen) atoms. The second kappa shape index (κ2) is 7.95. The first kappa shape index (κ1) is 21.0. The topological polar surface area (TPSA) is 111 Å². The van der Waals surface area contributed by atoms with Gasteiger partial charge in [-0.15, -0.1) is 0 Å². The maximum absolute atomic E-state index is 13.0. The Morgan fingerprint density at radius 2 is 1.82 bits per heavy atom. The van der Waals surface area contributed by atoms with Gasteiger partial charge in [-0.1, -0.05) is 0 Å². The molecule has 0 saturated carbocycles. The number of piperidine rings is 1. The Kier molecular flexibility index (Phi) is 5.07. The third kappa shape index (κ3) is 3.71. The summed E-state index contributed by atoms with van der Waals surface area (Å²) < 4.78 is 3.33. The van der Waals surface area contributed by atoms with Gasteiger partial charge in [0.05, 0.1) is 22.9 Å². The SMILES string of the molecule is CC(=O)N1CCC(n2c(=O)n(C)c3cnc(Nc4cc5ncc(C)nc5cc4C)nc32)CC1. The Morgan fingerprint density at radius 3 is 2.55 bits per heavy atom. The van der Waals surface area contributed by atoms with Gasteiger partial charge >= 0.3 is 5.69 Å². The van der Waals surface area contributed by atoms with E-state index >= 15 is 0 Å². The number of aromatic nitrogens is 6. The number of hydrogen-bond acceptors (Lipinski definition) is 7. The van der Waals surface area contributed by atoms with E-state index in [2.05, 4.69) is 20.3 Å². The molecule has 1 amide bonds. The van der Waals surface area contributed by atoms with E-state index in [1.54, 1.807) is 35.5 Å². The molecule has 1 aromatic carbocycles. The molecular weight excluding hydrogens is 420 g/mol. The Bertz CT molecular complexity index is 1450. The molecule has 0 spiro atoms. The minimum atomic E-state index is -0.120. The van der Waals surface area contributed by atoms with Crippen LogP contribution in [-0.4, -0.2) is 53.0 Å². The average Bonchev–Trinajstić information content (AvgIpc) is 3.04. The minimum absolute atomic E-state index is 0.0135. The van der Waals surface area contributed by atoms with Crippen molar-refractivity contribution in [2.24, 2.45) is 7.05 Å². The summed E-state index contributed by atoms with van der Waals surface area (Å²) in [6.45, 7) is 6.76. The first-order valence-electron chi connectivity index (χ1n) is 11.0. The molecule has 1 aliphatic rings. The first-order valence-corrected chi connectivity index (χ1v) is 11.0. The second-order valence-electron chi connectivity index (χ2n) is 8.64. The lowest BCUT2D eigenvalue weighted by Gasteiger charge is -2.31. The van der Waals surface area contributed by atoms with Crippen molar-refractivity contribution in [2.45, 2.75) is 39.7 Å². The van der Waals surface area contributed by atoms with E-state index in [0.717, 1.165) is 28.0 Å². The van der Waals surface area contributed by atoms with Crippen LogP contribution < -0.4 is 11.0 Å². The van der Waals surface area contributed by atoms with E-state index in [-0.39, 0.29) is 17.6 Å². The molecule has 1 N–H and O–H groups in total. The number of imidazole rings is 1. The molecule has 0 aliphatic carbocycles. The van der Waals surface area contributed by atoms with Crippen LogP contribution in [0.3, 0.4) is 0 Å². The van der Waals surface area contributed by atoms with E-state index in [0.29, 0.717) is 43.0 Å². The highest BCUT2D eigenvalue weighted by atomic mass is 16.2. The highest BCUT2D eigenvalue weighted by Gasteiger charge is 2.26. The molecule has 0 bridgehead atoms. The number of benzene rings is 1. The number of likely N-dealkylation sites (tertiary alicyclic amines) is 1. The molecule has 170 valence electrons. The van der Waals surface area contributed by atoms with Gasteiger partial charge in [0.1, 0.15) is 5.52 Å². The summed E-state index contributed by atoms with van der Waals surface area (Å²) >= 11 is 0. The fraction of sp³-hybridized carbons (Fsp3) is 0.391. The lowest BCUT2D eigenvalue weighted by molar-refractivity contribution is -0.130. The summed E-state index contributed by atoms with van der Waals surface area (Å²) in [6, 6.07) is 3.90. The molecule has 1 aliphatic heterocycles. The monoisotopic (exact) mass is 446 g/mol. The lowest BCUT2D eigenvalue weighted by atomic mass is 10.0. The van der Waals surface area contributed by atoms with Crippen molar-refractivity contribution < 1.29 is 4.79 Å². The Hall–Kier alpha value is -3.82. The standard InChI is InChI=1S/C23H26N8O2/c1-13-9-19-18(24-11-14(2)26-19)10-17(13)27-22-25-12-20-21(28-22)31(23(33)29(20)4)16-5-7-30(8-6-16)15(3)32/h9-12,16H,5-8H2,1-4H3,(H,25,27,28). The number of nitrogens with one attached hydrogen (secondary N) is 1. The normalized spacial score (nSPS) is 14.8. The number of carbonyl (C=O) groups excluding carboxylic acids is 1. The summed E-state index contributed by atoms with van der Waals surface area (Å²) in [5.41, 5.74) is 5.46.